The molecule has 2 unspecified atom stereocenters. The molecular weight excluding hydrogens is 497 g/mol. The Kier molecular flexibility index (Phi) is 5.33. The Labute approximate surface area is 186 Å². The fraction of sp³-hybridized carbons (Fsp3) is 0.278. The number of carbonyl (C=O) groups is 1. The van der Waals surface area contributed by atoms with Gasteiger partial charge in [0.05, 0.1) is 4.88 Å². The number of nitrogens with zero attached hydrogens (tertiary/aromatic N) is 2. The molecule has 4 rings (SSSR count). The van der Waals surface area contributed by atoms with Gasteiger partial charge in [0.2, 0.25) is 5.82 Å². The van der Waals surface area contributed by atoms with E-state index in [4.69, 9.17) is 0 Å². The number of aliphatic carboxylic acids is 1. The van der Waals surface area contributed by atoms with Gasteiger partial charge in [-0.1, -0.05) is 35.5 Å². The SMILES string of the molecule is O=C(O)C1(NS(=O)(=O)c2ccc(-c3noc(C(F)(F)C(F)(F)F)n3)s2)CC1c1ccccc1. The molecule has 0 aliphatic heterocycles. The minimum Gasteiger partial charge on any atom is -0.480 e. The Balaban J connectivity index is 1.58. The van der Waals surface area contributed by atoms with E-state index in [2.05, 4.69) is 19.4 Å². The van der Waals surface area contributed by atoms with Gasteiger partial charge < -0.3 is 9.63 Å². The van der Waals surface area contributed by atoms with Crippen LogP contribution in [0, 0.1) is 0 Å². The third-order valence-corrected chi connectivity index (χ3v) is 8.06. The number of alkyl halides is 5. The summed E-state index contributed by atoms with van der Waals surface area (Å²) in [6.45, 7) is 0. The number of carboxylic acids is 1. The smallest absolute Gasteiger partial charge is 0.463 e. The summed E-state index contributed by atoms with van der Waals surface area (Å²) in [4.78, 5) is 14.7. The van der Waals surface area contributed by atoms with Gasteiger partial charge in [-0.05, 0) is 24.1 Å². The second kappa shape index (κ2) is 7.56. The molecule has 1 aromatic carbocycles. The van der Waals surface area contributed by atoms with E-state index < -0.39 is 55.5 Å². The van der Waals surface area contributed by atoms with Crippen molar-refractivity contribution in [1.29, 1.82) is 0 Å². The topological polar surface area (TPSA) is 122 Å². The van der Waals surface area contributed by atoms with Gasteiger partial charge in [-0.3, -0.25) is 4.79 Å². The lowest BCUT2D eigenvalue weighted by Crippen LogP contribution is -2.44. The first-order chi connectivity index (χ1) is 15.3. The van der Waals surface area contributed by atoms with E-state index >= 15 is 0 Å². The van der Waals surface area contributed by atoms with Crippen molar-refractivity contribution in [1.82, 2.24) is 14.9 Å². The molecule has 2 N–H and O–H groups in total. The third-order valence-electron chi connectivity index (χ3n) is 4.98. The highest BCUT2D eigenvalue weighted by Crippen LogP contribution is 2.52. The standard InChI is InChI=1S/C18H12F5N3O5S2/c19-17(20,18(21,22)23)14-24-13(25-31-14)11-6-7-12(32-11)33(29,30)26-16(15(27)28)8-10(16)9-4-2-1-3-5-9/h1-7,10,26H,8H2,(H,27,28). The number of thiophene rings is 1. The molecule has 0 bridgehead atoms. The molecule has 0 amide bonds. The van der Waals surface area contributed by atoms with Gasteiger partial charge in [-0.15, -0.1) is 11.3 Å². The summed E-state index contributed by atoms with van der Waals surface area (Å²) < 4.78 is 95.5. The van der Waals surface area contributed by atoms with E-state index in [1.165, 1.54) is 0 Å². The molecule has 8 nitrogen and oxygen atoms in total. The molecule has 0 radical (unpaired) electrons. The average molecular weight is 509 g/mol. The highest BCUT2D eigenvalue weighted by Gasteiger charge is 2.64. The molecule has 1 fully saturated rings. The number of benzene rings is 1. The number of nitrogens with one attached hydrogen (secondary N) is 1. The van der Waals surface area contributed by atoms with Crippen LogP contribution in [0.3, 0.4) is 0 Å². The number of hydrogen-bond acceptors (Lipinski definition) is 7. The molecule has 176 valence electrons. The fourth-order valence-electron chi connectivity index (χ4n) is 3.19. The largest absolute Gasteiger partial charge is 0.480 e. The lowest BCUT2D eigenvalue weighted by Gasteiger charge is -2.14. The molecule has 33 heavy (non-hydrogen) atoms. The van der Waals surface area contributed by atoms with Crippen LogP contribution < -0.4 is 4.72 Å². The van der Waals surface area contributed by atoms with Crippen molar-refractivity contribution in [2.75, 3.05) is 0 Å². The third kappa shape index (κ3) is 4.00. The van der Waals surface area contributed by atoms with Crippen LogP contribution in [0.1, 0.15) is 23.8 Å². The van der Waals surface area contributed by atoms with Gasteiger partial charge in [-0.25, -0.2) is 8.42 Å². The lowest BCUT2D eigenvalue weighted by molar-refractivity contribution is -0.298. The number of hydrogen-bond donors (Lipinski definition) is 2. The zero-order chi connectivity index (χ0) is 24.2. The lowest BCUT2D eigenvalue weighted by atomic mass is 10.1. The Morgan fingerprint density at radius 1 is 1.15 bits per heavy atom. The number of aromatic nitrogens is 2. The molecule has 0 spiro atoms. The molecule has 2 atom stereocenters. The van der Waals surface area contributed by atoms with Gasteiger partial charge in [0.15, 0.2) is 0 Å². The summed E-state index contributed by atoms with van der Waals surface area (Å²) in [6.07, 6.45) is -5.96. The van der Waals surface area contributed by atoms with Crippen LogP contribution in [0.5, 0.6) is 0 Å². The Hall–Kier alpha value is -2.91. The maximum Gasteiger partial charge on any atom is 0.463 e. The van der Waals surface area contributed by atoms with E-state index in [-0.39, 0.29) is 11.3 Å². The first-order valence-corrected chi connectivity index (χ1v) is 11.3. The van der Waals surface area contributed by atoms with E-state index in [0.717, 1.165) is 12.1 Å². The van der Waals surface area contributed by atoms with Crippen LogP contribution in [0.2, 0.25) is 0 Å². The predicted molar refractivity (Wildman–Crippen MR) is 102 cm³/mol. The minimum atomic E-state index is -5.96. The number of rotatable bonds is 7. The van der Waals surface area contributed by atoms with Crippen molar-refractivity contribution in [2.45, 2.75) is 34.2 Å². The molecular formula is C18H12F5N3O5S2. The zero-order valence-electron chi connectivity index (χ0n) is 16.0. The van der Waals surface area contributed by atoms with Gasteiger partial charge in [-0.2, -0.15) is 31.7 Å². The Morgan fingerprint density at radius 2 is 1.82 bits per heavy atom. The minimum absolute atomic E-state index is 0.00450. The maximum atomic E-state index is 13.4. The van der Waals surface area contributed by atoms with Crippen LogP contribution in [-0.4, -0.2) is 41.3 Å². The maximum absolute atomic E-state index is 13.4. The van der Waals surface area contributed by atoms with Crippen molar-refractivity contribution in [3.05, 3.63) is 53.9 Å². The van der Waals surface area contributed by atoms with E-state index in [0.29, 0.717) is 16.9 Å². The second-order valence-corrected chi connectivity index (χ2v) is 10.2. The van der Waals surface area contributed by atoms with Gasteiger partial charge in [0.25, 0.3) is 10.0 Å². The first-order valence-electron chi connectivity index (χ1n) is 8.99. The van der Waals surface area contributed by atoms with Gasteiger partial charge in [0, 0.05) is 5.92 Å². The summed E-state index contributed by atoms with van der Waals surface area (Å²) in [6, 6.07) is 10.5. The zero-order valence-corrected chi connectivity index (χ0v) is 17.6. The van der Waals surface area contributed by atoms with Crippen molar-refractivity contribution in [2.24, 2.45) is 0 Å². The van der Waals surface area contributed by atoms with Crippen LogP contribution in [0.4, 0.5) is 22.0 Å². The van der Waals surface area contributed by atoms with Crippen molar-refractivity contribution >= 4 is 27.3 Å². The van der Waals surface area contributed by atoms with Crippen LogP contribution in [-0.2, 0) is 20.7 Å². The van der Waals surface area contributed by atoms with Crippen LogP contribution in [0.25, 0.3) is 10.7 Å². The van der Waals surface area contributed by atoms with Crippen LogP contribution in [0.15, 0.2) is 51.2 Å². The fourth-order valence-corrected chi connectivity index (χ4v) is 5.83. The molecule has 2 aromatic heterocycles. The Morgan fingerprint density at radius 3 is 2.42 bits per heavy atom. The number of halogens is 5. The summed E-state index contributed by atoms with van der Waals surface area (Å²) in [5.41, 5.74) is -1.15. The highest BCUT2D eigenvalue weighted by molar-refractivity contribution is 7.91. The quantitative estimate of drug-likeness (QED) is 0.465. The number of carboxylic acid groups (broad SMARTS) is 1. The summed E-state index contributed by atoms with van der Waals surface area (Å²) >= 11 is 0.447. The highest BCUT2D eigenvalue weighted by atomic mass is 32.2. The molecule has 1 aliphatic carbocycles. The van der Waals surface area contributed by atoms with E-state index in [1.54, 1.807) is 30.3 Å². The molecule has 2 heterocycles. The monoisotopic (exact) mass is 509 g/mol. The first kappa shape index (κ1) is 23.3. The van der Waals surface area contributed by atoms with E-state index in [1.807, 2.05) is 0 Å². The average Bonchev–Trinajstić information content (AvgIpc) is 3.11. The van der Waals surface area contributed by atoms with Crippen molar-refractivity contribution in [3.63, 3.8) is 0 Å². The second-order valence-electron chi connectivity index (χ2n) is 7.16. The van der Waals surface area contributed by atoms with Gasteiger partial charge >= 0.3 is 24.0 Å². The summed E-state index contributed by atoms with van der Waals surface area (Å²) in [5, 5.41) is 12.7. The van der Waals surface area contributed by atoms with Crippen molar-refractivity contribution in [3.8, 4) is 10.7 Å². The van der Waals surface area contributed by atoms with Gasteiger partial charge in [0.1, 0.15) is 9.75 Å². The number of sulfonamides is 1. The molecule has 1 saturated carbocycles. The normalized spacial score (nSPS) is 21.2. The molecule has 15 heteroatoms. The van der Waals surface area contributed by atoms with E-state index in [9.17, 15) is 40.3 Å². The van der Waals surface area contributed by atoms with Crippen molar-refractivity contribution < 1.29 is 44.8 Å². The summed E-state index contributed by atoms with van der Waals surface area (Å²) in [7, 11) is -4.40. The summed E-state index contributed by atoms with van der Waals surface area (Å²) in [5.74, 6) is -10.1. The molecule has 1 aliphatic rings. The molecule has 0 saturated heterocycles. The molecule has 3 aromatic rings. The predicted octanol–water partition coefficient (Wildman–Crippen LogP) is 3.74. The van der Waals surface area contributed by atoms with Crippen LogP contribution >= 0.6 is 11.3 Å². The Bertz CT molecular complexity index is 1310.